The molecule has 0 amide bonds. The van der Waals surface area contributed by atoms with Gasteiger partial charge in [-0.2, -0.15) is 9.64 Å². The number of hydrogen-bond donors (Lipinski definition) is 0. The Kier molecular flexibility index (Phi) is 1.98. The molecule has 2 aromatic rings. The SMILES string of the molecule is N#Cc1nsc2cccc(I)c12. The highest BCUT2D eigenvalue weighted by Crippen LogP contribution is 2.26. The summed E-state index contributed by atoms with van der Waals surface area (Å²) in [6, 6.07) is 8.03. The van der Waals surface area contributed by atoms with Crippen LogP contribution in [-0.2, 0) is 0 Å². The molecule has 1 aromatic heterocycles. The number of halogens is 1. The number of hydrogen-bond acceptors (Lipinski definition) is 3. The van der Waals surface area contributed by atoms with E-state index in [1.807, 2.05) is 18.2 Å². The molecule has 0 spiro atoms. The van der Waals surface area contributed by atoms with Gasteiger partial charge in [-0.15, -0.1) is 0 Å². The van der Waals surface area contributed by atoms with E-state index in [9.17, 15) is 0 Å². The van der Waals surface area contributed by atoms with Crippen molar-refractivity contribution in [1.29, 1.82) is 5.26 Å². The Hall–Kier alpha value is -0.670. The Morgan fingerprint density at radius 1 is 1.50 bits per heavy atom. The van der Waals surface area contributed by atoms with Gasteiger partial charge in [0.05, 0.1) is 4.70 Å². The van der Waals surface area contributed by atoms with Crippen LogP contribution in [0.5, 0.6) is 0 Å². The van der Waals surface area contributed by atoms with Crippen LogP contribution in [0.4, 0.5) is 0 Å². The monoisotopic (exact) mass is 286 g/mol. The van der Waals surface area contributed by atoms with Crippen molar-refractivity contribution in [3.63, 3.8) is 0 Å². The van der Waals surface area contributed by atoms with Gasteiger partial charge in [0.2, 0.25) is 0 Å². The fourth-order valence-corrected chi connectivity index (χ4v) is 2.72. The maximum Gasteiger partial charge on any atom is 0.163 e. The standard InChI is InChI=1S/C8H3IN2S/c9-5-2-1-3-7-8(5)6(4-10)11-12-7/h1-3H. The third-order valence-corrected chi connectivity index (χ3v) is 3.26. The van der Waals surface area contributed by atoms with Crippen LogP contribution in [0.1, 0.15) is 5.69 Å². The van der Waals surface area contributed by atoms with E-state index in [1.165, 1.54) is 11.5 Å². The lowest BCUT2D eigenvalue weighted by Gasteiger charge is -1.90. The molecule has 0 aliphatic rings. The summed E-state index contributed by atoms with van der Waals surface area (Å²) in [6.07, 6.45) is 0. The molecule has 2 nitrogen and oxygen atoms in total. The number of nitrogens with zero attached hydrogens (tertiary/aromatic N) is 2. The quantitative estimate of drug-likeness (QED) is 0.698. The van der Waals surface area contributed by atoms with Crippen LogP contribution in [0.15, 0.2) is 18.2 Å². The molecule has 0 radical (unpaired) electrons. The van der Waals surface area contributed by atoms with Crippen molar-refractivity contribution in [2.45, 2.75) is 0 Å². The first-order valence-corrected chi connectivity index (χ1v) is 5.12. The fraction of sp³-hybridized carbons (Fsp3) is 0. The predicted molar refractivity (Wildman–Crippen MR) is 57.1 cm³/mol. The van der Waals surface area contributed by atoms with Crippen molar-refractivity contribution >= 4 is 44.2 Å². The van der Waals surface area contributed by atoms with E-state index in [4.69, 9.17) is 5.26 Å². The van der Waals surface area contributed by atoms with Gasteiger partial charge in [0.25, 0.3) is 0 Å². The van der Waals surface area contributed by atoms with E-state index in [0.29, 0.717) is 5.69 Å². The Morgan fingerprint density at radius 2 is 2.33 bits per heavy atom. The molecule has 0 aliphatic carbocycles. The second kappa shape index (κ2) is 2.99. The van der Waals surface area contributed by atoms with Gasteiger partial charge in [0.1, 0.15) is 6.07 Å². The summed E-state index contributed by atoms with van der Waals surface area (Å²) < 4.78 is 6.23. The molecule has 0 N–H and O–H groups in total. The molecule has 0 saturated carbocycles. The highest BCUT2D eigenvalue weighted by atomic mass is 127. The second-order valence-corrected chi connectivity index (χ2v) is 4.22. The van der Waals surface area contributed by atoms with Crippen molar-refractivity contribution in [2.24, 2.45) is 0 Å². The molecule has 0 fully saturated rings. The van der Waals surface area contributed by atoms with Gasteiger partial charge in [-0.1, -0.05) is 6.07 Å². The number of fused-ring (bicyclic) bond motifs is 1. The van der Waals surface area contributed by atoms with Gasteiger partial charge in [-0.05, 0) is 46.3 Å². The lowest BCUT2D eigenvalue weighted by atomic mass is 10.2. The van der Waals surface area contributed by atoms with E-state index < -0.39 is 0 Å². The minimum atomic E-state index is 0.542. The largest absolute Gasteiger partial charge is 0.191 e. The third-order valence-electron chi connectivity index (χ3n) is 1.55. The predicted octanol–water partition coefficient (Wildman–Crippen LogP) is 2.77. The lowest BCUT2D eigenvalue weighted by Crippen LogP contribution is -1.76. The maximum absolute atomic E-state index is 8.74. The Bertz CT molecular complexity index is 469. The summed E-state index contributed by atoms with van der Waals surface area (Å²) >= 11 is 3.59. The normalized spacial score (nSPS) is 10.0. The molecule has 0 aliphatic heterocycles. The van der Waals surface area contributed by atoms with Crippen LogP contribution >= 0.6 is 34.1 Å². The van der Waals surface area contributed by atoms with Crippen molar-refractivity contribution in [3.8, 4) is 6.07 Å². The Labute approximate surface area is 87.1 Å². The van der Waals surface area contributed by atoms with Crippen molar-refractivity contribution in [3.05, 3.63) is 27.5 Å². The Balaban J connectivity index is 2.95. The number of aromatic nitrogens is 1. The van der Waals surface area contributed by atoms with Gasteiger partial charge in [0, 0.05) is 8.96 Å². The first-order valence-electron chi connectivity index (χ1n) is 3.27. The average Bonchev–Trinajstić information content (AvgIpc) is 2.49. The average molecular weight is 286 g/mol. The lowest BCUT2D eigenvalue weighted by molar-refractivity contribution is 1.43. The van der Waals surface area contributed by atoms with Crippen LogP contribution in [0.25, 0.3) is 10.1 Å². The summed E-state index contributed by atoms with van der Waals surface area (Å²) in [5, 5.41) is 9.73. The zero-order valence-corrected chi connectivity index (χ0v) is 8.89. The molecule has 0 saturated heterocycles. The van der Waals surface area contributed by atoms with Crippen LogP contribution in [0, 0.1) is 14.9 Å². The summed E-state index contributed by atoms with van der Waals surface area (Å²) in [7, 11) is 0. The molecule has 0 bridgehead atoms. The highest BCUT2D eigenvalue weighted by Gasteiger charge is 2.07. The summed E-state index contributed by atoms with van der Waals surface area (Å²) in [5.74, 6) is 0. The van der Waals surface area contributed by atoms with Crippen molar-refractivity contribution in [2.75, 3.05) is 0 Å². The molecule has 12 heavy (non-hydrogen) atoms. The van der Waals surface area contributed by atoms with Gasteiger partial charge < -0.3 is 0 Å². The molecule has 58 valence electrons. The first-order chi connectivity index (χ1) is 5.83. The van der Waals surface area contributed by atoms with Crippen molar-refractivity contribution < 1.29 is 0 Å². The molecular formula is C8H3IN2S. The fourth-order valence-electron chi connectivity index (χ4n) is 1.03. The summed E-state index contributed by atoms with van der Waals surface area (Å²) in [6.45, 7) is 0. The van der Waals surface area contributed by atoms with E-state index in [0.717, 1.165) is 13.7 Å². The number of rotatable bonds is 0. The van der Waals surface area contributed by atoms with Gasteiger partial charge in [-0.25, -0.2) is 0 Å². The minimum absolute atomic E-state index is 0.542. The van der Waals surface area contributed by atoms with E-state index >= 15 is 0 Å². The molecule has 0 atom stereocenters. The Morgan fingerprint density at radius 3 is 3.08 bits per heavy atom. The van der Waals surface area contributed by atoms with Crippen LogP contribution in [0.2, 0.25) is 0 Å². The molecular weight excluding hydrogens is 283 g/mol. The van der Waals surface area contributed by atoms with Crippen LogP contribution in [0.3, 0.4) is 0 Å². The second-order valence-electron chi connectivity index (χ2n) is 2.26. The molecule has 0 unspecified atom stereocenters. The number of benzene rings is 1. The summed E-state index contributed by atoms with van der Waals surface area (Å²) in [4.78, 5) is 0. The van der Waals surface area contributed by atoms with Gasteiger partial charge in [0.15, 0.2) is 5.69 Å². The van der Waals surface area contributed by atoms with Crippen LogP contribution in [-0.4, -0.2) is 4.37 Å². The van der Waals surface area contributed by atoms with Gasteiger partial charge >= 0.3 is 0 Å². The van der Waals surface area contributed by atoms with E-state index in [1.54, 1.807) is 0 Å². The number of nitriles is 1. The first kappa shape index (κ1) is 7.95. The topological polar surface area (TPSA) is 36.7 Å². The highest BCUT2D eigenvalue weighted by molar-refractivity contribution is 14.1. The zero-order chi connectivity index (χ0) is 8.55. The smallest absolute Gasteiger partial charge is 0.163 e. The van der Waals surface area contributed by atoms with Crippen LogP contribution < -0.4 is 0 Å². The molecule has 4 heteroatoms. The summed E-state index contributed by atoms with van der Waals surface area (Å²) in [5.41, 5.74) is 0.542. The third kappa shape index (κ3) is 1.09. The van der Waals surface area contributed by atoms with Crippen molar-refractivity contribution in [1.82, 2.24) is 4.37 Å². The molecule has 1 heterocycles. The maximum atomic E-state index is 8.74. The zero-order valence-electron chi connectivity index (χ0n) is 5.91. The molecule has 1 aromatic carbocycles. The van der Waals surface area contributed by atoms with E-state index in [-0.39, 0.29) is 0 Å². The van der Waals surface area contributed by atoms with Gasteiger partial charge in [-0.3, -0.25) is 0 Å². The minimum Gasteiger partial charge on any atom is -0.191 e. The molecule has 2 rings (SSSR count). The van der Waals surface area contributed by atoms with E-state index in [2.05, 4.69) is 33.0 Å².